The second kappa shape index (κ2) is 13.8. The van der Waals surface area contributed by atoms with Crippen LogP contribution in [0.4, 0.5) is 4.39 Å². The van der Waals surface area contributed by atoms with E-state index in [0.29, 0.717) is 43.1 Å². The summed E-state index contributed by atoms with van der Waals surface area (Å²) in [4.78, 5) is 35.4. The van der Waals surface area contributed by atoms with Crippen molar-refractivity contribution in [3.8, 4) is 11.4 Å². The Morgan fingerprint density at radius 3 is 2.52 bits per heavy atom. The number of ether oxygens (including phenoxy) is 1. The molecule has 1 heterocycles. The van der Waals surface area contributed by atoms with Gasteiger partial charge >= 0.3 is 0 Å². The van der Waals surface area contributed by atoms with Crippen molar-refractivity contribution >= 4 is 17.7 Å². The molecule has 0 unspecified atom stereocenters. The zero-order valence-corrected chi connectivity index (χ0v) is 19.0. The van der Waals surface area contributed by atoms with Gasteiger partial charge in [-0.1, -0.05) is 11.6 Å². The maximum Gasteiger partial charge on any atom is 0.273 e. The Balaban J connectivity index is 2.12. The van der Waals surface area contributed by atoms with Gasteiger partial charge < -0.3 is 20.7 Å². The van der Waals surface area contributed by atoms with Gasteiger partial charge in [-0.25, -0.2) is 4.68 Å². The summed E-state index contributed by atoms with van der Waals surface area (Å²) in [6.07, 6.45) is 4.36. The first-order valence-corrected chi connectivity index (χ1v) is 11.0. The standard InChI is InChI=1S/C22H31FN6O4/c1-3-24-21(31)17-8-9-19(20(14-17)33-13-7-5-4-6-10-23)29-15-18(27-28-29)22(32)26-12-11-25-16(2)30/h8-9,14-15H,3-7,10-13H2,1-2H3,(H,24,31)(H,25,30)(H,26,32). The summed E-state index contributed by atoms with van der Waals surface area (Å²) in [6, 6.07) is 4.94. The van der Waals surface area contributed by atoms with Gasteiger partial charge in [-0.3, -0.25) is 18.8 Å². The summed E-state index contributed by atoms with van der Waals surface area (Å²) >= 11 is 0. The van der Waals surface area contributed by atoms with E-state index in [1.165, 1.54) is 17.8 Å². The molecule has 3 amide bonds. The lowest BCUT2D eigenvalue weighted by Crippen LogP contribution is -2.33. The lowest BCUT2D eigenvalue weighted by atomic mass is 10.1. The van der Waals surface area contributed by atoms with E-state index in [0.717, 1.165) is 19.3 Å². The molecule has 0 fully saturated rings. The van der Waals surface area contributed by atoms with Gasteiger partial charge in [-0.2, -0.15) is 0 Å². The van der Waals surface area contributed by atoms with Crippen LogP contribution in [-0.4, -0.2) is 65.6 Å². The molecule has 33 heavy (non-hydrogen) atoms. The van der Waals surface area contributed by atoms with E-state index in [1.54, 1.807) is 18.2 Å². The average molecular weight is 463 g/mol. The van der Waals surface area contributed by atoms with Gasteiger partial charge in [0.05, 0.1) is 19.5 Å². The van der Waals surface area contributed by atoms with E-state index in [2.05, 4.69) is 26.3 Å². The molecule has 2 aromatic rings. The number of hydrogen-bond donors (Lipinski definition) is 3. The Kier molecular flexibility index (Phi) is 10.8. The van der Waals surface area contributed by atoms with Crippen molar-refractivity contribution < 1.29 is 23.5 Å². The van der Waals surface area contributed by atoms with E-state index in [4.69, 9.17) is 4.74 Å². The van der Waals surface area contributed by atoms with Gasteiger partial charge in [0.2, 0.25) is 5.91 Å². The normalized spacial score (nSPS) is 10.5. The highest BCUT2D eigenvalue weighted by molar-refractivity contribution is 5.95. The molecule has 0 saturated heterocycles. The van der Waals surface area contributed by atoms with Crippen molar-refractivity contribution in [3.63, 3.8) is 0 Å². The number of unbranched alkanes of at least 4 members (excludes halogenated alkanes) is 3. The first-order chi connectivity index (χ1) is 16.0. The number of rotatable bonds is 14. The van der Waals surface area contributed by atoms with Crippen LogP contribution < -0.4 is 20.7 Å². The lowest BCUT2D eigenvalue weighted by Gasteiger charge is -2.13. The second-order valence-corrected chi connectivity index (χ2v) is 7.28. The highest BCUT2D eigenvalue weighted by atomic mass is 19.1. The fraction of sp³-hybridized carbons (Fsp3) is 0.500. The number of nitrogens with one attached hydrogen (secondary N) is 3. The fourth-order valence-corrected chi connectivity index (χ4v) is 2.95. The van der Waals surface area contributed by atoms with Gasteiger partial charge in [-0.15, -0.1) is 5.10 Å². The molecule has 0 atom stereocenters. The molecule has 3 N–H and O–H groups in total. The minimum absolute atomic E-state index is 0.0998. The third-order valence-corrected chi connectivity index (χ3v) is 4.60. The topological polar surface area (TPSA) is 127 Å². The number of amides is 3. The molecule has 0 saturated carbocycles. The predicted molar refractivity (Wildman–Crippen MR) is 120 cm³/mol. The third-order valence-electron chi connectivity index (χ3n) is 4.60. The SMILES string of the molecule is CCNC(=O)c1ccc(-n2cc(C(=O)NCCNC(C)=O)nn2)c(OCCCCCCF)c1. The van der Waals surface area contributed by atoms with Crippen LogP contribution in [0.3, 0.4) is 0 Å². The maximum atomic E-state index is 12.3. The molecule has 0 radical (unpaired) electrons. The predicted octanol–water partition coefficient (Wildman–Crippen LogP) is 1.79. The zero-order chi connectivity index (χ0) is 24.1. The number of aromatic nitrogens is 3. The Bertz CT molecular complexity index is 933. The fourth-order valence-electron chi connectivity index (χ4n) is 2.95. The highest BCUT2D eigenvalue weighted by Gasteiger charge is 2.16. The molecule has 0 aliphatic heterocycles. The number of alkyl halides is 1. The van der Waals surface area contributed by atoms with Crippen LogP contribution >= 0.6 is 0 Å². The molecule has 0 aliphatic carbocycles. The second-order valence-electron chi connectivity index (χ2n) is 7.28. The van der Waals surface area contributed by atoms with Crippen molar-refractivity contribution in [2.45, 2.75) is 39.5 Å². The third kappa shape index (κ3) is 8.51. The van der Waals surface area contributed by atoms with Crippen molar-refractivity contribution in [1.82, 2.24) is 30.9 Å². The monoisotopic (exact) mass is 462 g/mol. The highest BCUT2D eigenvalue weighted by Crippen LogP contribution is 2.25. The average Bonchev–Trinajstić information content (AvgIpc) is 3.29. The molecule has 0 spiro atoms. The Morgan fingerprint density at radius 1 is 1.03 bits per heavy atom. The number of carbonyl (C=O) groups excluding carboxylic acids is 3. The quantitative estimate of drug-likeness (QED) is 0.367. The number of halogens is 1. The van der Waals surface area contributed by atoms with E-state index < -0.39 is 5.91 Å². The Hall–Kier alpha value is -3.50. The van der Waals surface area contributed by atoms with Crippen LogP contribution in [0.1, 0.15) is 60.4 Å². The summed E-state index contributed by atoms with van der Waals surface area (Å²) in [5.41, 5.74) is 1.06. The molecule has 1 aromatic heterocycles. The zero-order valence-electron chi connectivity index (χ0n) is 19.0. The number of benzene rings is 1. The molecule has 2 rings (SSSR count). The first-order valence-electron chi connectivity index (χ1n) is 11.0. The van der Waals surface area contributed by atoms with Crippen LogP contribution in [0.15, 0.2) is 24.4 Å². The van der Waals surface area contributed by atoms with Crippen molar-refractivity contribution in [2.75, 3.05) is 32.9 Å². The molecular weight excluding hydrogens is 431 g/mol. The Labute approximate surface area is 192 Å². The van der Waals surface area contributed by atoms with Gasteiger partial charge in [0, 0.05) is 32.1 Å². The van der Waals surface area contributed by atoms with Crippen LogP contribution in [0.25, 0.3) is 5.69 Å². The minimum atomic E-state index is -0.430. The van der Waals surface area contributed by atoms with E-state index in [9.17, 15) is 18.8 Å². The van der Waals surface area contributed by atoms with Crippen LogP contribution in [0, 0.1) is 0 Å². The Morgan fingerprint density at radius 2 is 1.79 bits per heavy atom. The van der Waals surface area contributed by atoms with Crippen molar-refractivity contribution in [1.29, 1.82) is 0 Å². The minimum Gasteiger partial charge on any atom is -0.491 e. The van der Waals surface area contributed by atoms with Crippen molar-refractivity contribution in [2.24, 2.45) is 0 Å². The summed E-state index contributed by atoms with van der Waals surface area (Å²) in [5, 5.41) is 15.9. The van der Waals surface area contributed by atoms with Gasteiger partial charge in [-0.05, 0) is 44.4 Å². The number of hydrogen-bond acceptors (Lipinski definition) is 6. The van der Waals surface area contributed by atoms with Crippen LogP contribution in [0.5, 0.6) is 5.75 Å². The first kappa shape index (κ1) is 25.8. The van der Waals surface area contributed by atoms with E-state index >= 15 is 0 Å². The van der Waals surface area contributed by atoms with Gasteiger partial charge in [0.15, 0.2) is 5.69 Å². The smallest absolute Gasteiger partial charge is 0.273 e. The molecule has 11 heteroatoms. The maximum absolute atomic E-state index is 12.3. The summed E-state index contributed by atoms with van der Waals surface area (Å²) < 4.78 is 19.6. The van der Waals surface area contributed by atoms with Gasteiger partial charge in [0.25, 0.3) is 11.8 Å². The molecule has 0 bridgehead atoms. The summed E-state index contributed by atoms with van der Waals surface area (Å²) in [5.74, 6) is -0.413. The molecule has 10 nitrogen and oxygen atoms in total. The molecule has 180 valence electrons. The largest absolute Gasteiger partial charge is 0.491 e. The molecule has 0 aliphatic rings. The van der Waals surface area contributed by atoms with E-state index in [1.807, 2.05) is 6.92 Å². The van der Waals surface area contributed by atoms with Gasteiger partial charge in [0.1, 0.15) is 11.4 Å². The van der Waals surface area contributed by atoms with Crippen LogP contribution in [-0.2, 0) is 4.79 Å². The van der Waals surface area contributed by atoms with Crippen molar-refractivity contribution in [3.05, 3.63) is 35.7 Å². The lowest BCUT2D eigenvalue weighted by molar-refractivity contribution is -0.118. The number of nitrogens with zero attached hydrogens (tertiary/aromatic N) is 3. The van der Waals surface area contributed by atoms with Crippen LogP contribution in [0.2, 0.25) is 0 Å². The molecule has 1 aromatic carbocycles. The summed E-state index contributed by atoms with van der Waals surface area (Å²) in [7, 11) is 0. The van der Waals surface area contributed by atoms with E-state index in [-0.39, 0.29) is 30.7 Å². The summed E-state index contributed by atoms with van der Waals surface area (Å²) in [6.45, 7) is 4.35. The molecular formula is C22H31FN6O4. The number of carbonyl (C=O) groups is 3.